The van der Waals surface area contributed by atoms with Crippen LogP contribution in [0.4, 0.5) is 22.7 Å². The van der Waals surface area contributed by atoms with Gasteiger partial charge in [-0.25, -0.2) is 0 Å². The van der Waals surface area contributed by atoms with Crippen LogP contribution in [-0.4, -0.2) is 12.4 Å². The Hall–Kier alpha value is -6.20. The van der Waals surface area contributed by atoms with E-state index in [1.165, 1.54) is 91.7 Å². The number of rotatable bonds is 2. The fourth-order valence-corrected chi connectivity index (χ4v) is 12.5. The second kappa shape index (κ2) is 12.3. The van der Waals surface area contributed by atoms with E-state index < -0.39 is 0 Å². The molecule has 5 heteroatoms. The molecule has 1 saturated carbocycles. The molecular formula is C58H53BN2O2. The maximum atomic E-state index is 7.17. The second-order valence-electron chi connectivity index (χ2n) is 21.6. The normalized spacial score (nSPS) is 20.2. The van der Waals surface area contributed by atoms with Crippen LogP contribution in [0.15, 0.2) is 136 Å². The van der Waals surface area contributed by atoms with Crippen LogP contribution in [0.2, 0.25) is 0 Å². The zero-order valence-electron chi connectivity index (χ0n) is 37.7. The summed E-state index contributed by atoms with van der Waals surface area (Å²) in [4.78, 5) is 5.58. The van der Waals surface area contributed by atoms with Gasteiger partial charge < -0.3 is 18.5 Å². The molecule has 2 atom stereocenters. The molecular weight excluding hydrogens is 767 g/mol. The molecule has 63 heavy (non-hydrogen) atoms. The van der Waals surface area contributed by atoms with E-state index >= 15 is 0 Å². The maximum absolute atomic E-state index is 7.17. The van der Waals surface area contributed by atoms with Gasteiger partial charge in [0.2, 0.25) is 0 Å². The van der Waals surface area contributed by atoms with Crippen LogP contribution in [0.25, 0.3) is 66.1 Å². The smallest absolute Gasteiger partial charge is 0.333 e. The van der Waals surface area contributed by atoms with Crippen LogP contribution >= 0.6 is 0 Å². The zero-order chi connectivity index (χ0) is 42.9. The van der Waals surface area contributed by atoms with Crippen molar-refractivity contribution >= 4 is 84.4 Å². The lowest BCUT2D eigenvalue weighted by Gasteiger charge is -2.53. The van der Waals surface area contributed by atoms with Crippen LogP contribution in [-0.2, 0) is 16.2 Å². The van der Waals surface area contributed by atoms with Gasteiger partial charge in [-0.2, -0.15) is 0 Å². The molecule has 7 aromatic carbocycles. The lowest BCUT2D eigenvalue weighted by atomic mass is 9.43. The highest BCUT2D eigenvalue weighted by Gasteiger charge is 2.62. The molecule has 0 amide bonds. The average Bonchev–Trinajstić information content (AvgIpc) is 3.89. The van der Waals surface area contributed by atoms with Crippen LogP contribution in [0.3, 0.4) is 0 Å². The van der Waals surface area contributed by atoms with Gasteiger partial charge in [-0.1, -0.05) is 146 Å². The molecule has 1 aliphatic carbocycles. The van der Waals surface area contributed by atoms with Gasteiger partial charge in [0.15, 0.2) is 0 Å². The standard InChI is InChI=1S/C58H53BN2O2/c1-55(2,3)35-24-25-45(39(28-35)34-18-10-9-11-19-34)61-46-31-40-37-20-12-14-22-48(37)62-50(40)33-42(46)51-52-47(32-41-38-21-13-15-23-49(38)63-54(41)51)60-53-43(57(7)26-16-17-27-58(57,60)8)29-36(56(4,5)6)30-44(53)59(52)61/h9-15,18-25,28-33H,16-17,26-27H2,1-8H3. The summed E-state index contributed by atoms with van der Waals surface area (Å²) < 4.78 is 14.0. The molecule has 13 rings (SSSR count). The highest BCUT2D eigenvalue weighted by atomic mass is 16.3. The lowest BCUT2D eigenvalue weighted by Crippen LogP contribution is -2.64. The van der Waals surface area contributed by atoms with Crippen molar-refractivity contribution in [1.29, 1.82) is 0 Å². The summed E-state index contributed by atoms with van der Waals surface area (Å²) in [5.41, 5.74) is 20.2. The van der Waals surface area contributed by atoms with Crippen molar-refractivity contribution in [3.05, 3.63) is 144 Å². The van der Waals surface area contributed by atoms with E-state index in [4.69, 9.17) is 8.83 Å². The third-order valence-electron chi connectivity index (χ3n) is 16.1. The molecule has 4 aliphatic rings. The van der Waals surface area contributed by atoms with Gasteiger partial charge in [0, 0.05) is 66.4 Å². The van der Waals surface area contributed by atoms with Crippen molar-refractivity contribution in [2.45, 2.75) is 103 Å². The highest BCUT2D eigenvalue weighted by Crippen LogP contribution is 2.63. The van der Waals surface area contributed by atoms with Gasteiger partial charge in [0.1, 0.15) is 22.3 Å². The van der Waals surface area contributed by atoms with E-state index in [2.05, 4.69) is 192 Å². The van der Waals surface area contributed by atoms with E-state index in [1.54, 1.807) is 0 Å². The van der Waals surface area contributed by atoms with Crippen molar-refractivity contribution in [3.63, 3.8) is 0 Å². The largest absolute Gasteiger partial charge is 0.456 e. The Balaban J connectivity index is 1.25. The number of hydrogen-bond acceptors (Lipinski definition) is 4. The van der Waals surface area contributed by atoms with Gasteiger partial charge >= 0.3 is 6.85 Å². The van der Waals surface area contributed by atoms with E-state index in [0.29, 0.717) is 0 Å². The fraction of sp³-hybridized carbons (Fsp3) is 0.276. The summed E-state index contributed by atoms with van der Waals surface area (Å²) in [6, 6.07) is 48.0. The lowest BCUT2D eigenvalue weighted by molar-refractivity contribution is 0.195. The minimum absolute atomic E-state index is 0.0369. The Bertz CT molecular complexity index is 3430. The summed E-state index contributed by atoms with van der Waals surface area (Å²) in [7, 11) is 0. The van der Waals surface area contributed by atoms with Crippen LogP contribution in [0.5, 0.6) is 0 Å². The third-order valence-corrected chi connectivity index (χ3v) is 16.1. The monoisotopic (exact) mass is 820 g/mol. The van der Waals surface area contributed by atoms with Crippen molar-refractivity contribution in [3.8, 4) is 22.3 Å². The van der Waals surface area contributed by atoms with Crippen LogP contribution < -0.4 is 20.6 Å². The number of anilines is 4. The summed E-state index contributed by atoms with van der Waals surface area (Å²) in [6.45, 7) is 19.2. The quantitative estimate of drug-likeness (QED) is 0.163. The summed E-state index contributed by atoms with van der Waals surface area (Å²) in [5, 5.41) is 4.59. The van der Waals surface area contributed by atoms with Crippen molar-refractivity contribution in [1.82, 2.24) is 0 Å². The number of hydrogen-bond donors (Lipinski definition) is 0. The van der Waals surface area contributed by atoms with Crippen LogP contribution in [0.1, 0.15) is 97.8 Å². The molecule has 2 aromatic heterocycles. The van der Waals surface area contributed by atoms with E-state index in [1.807, 2.05) is 0 Å². The van der Waals surface area contributed by atoms with Gasteiger partial charge in [-0.3, -0.25) is 0 Å². The molecule has 0 bridgehead atoms. The topological polar surface area (TPSA) is 32.8 Å². The van der Waals surface area contributed by atoms with Crippen LogP contribution in [0, 0.1) is 0 Å². The molecule has 0 N–H and O–H groups in total. The van der Waals surface area contributed by atoms with Crippen molar-refractivity contribution in [2.24, 2.45) is 0 Å². The summed E-state index contributed by atoms with van der Waals surface area (Å²) in [5.74, 6) is 0. The zero-order valence-corrected chi connectivity index (χ0v) is 37.7. The molecule has 0 saturated heterocycles. The molecule has 9 aromatic rings. The third kappa shape index (κ3) is 4.83. The Morgan fingerprint density at radius 3 is 1.97 bits per heavy atom. The van der Waals surface area contributed by atoms with Gasteiger partial charge in [-0.05, 0) is 106 Å². The van der Waals surface area contributed by atoms with E-state index in [0.717, 1.165) is 50.5 Å². The number of fused-ring (bicyclic) bond motifs is 14. The predicted octanol–water partition coefficient (Wildman–Crippen LogP) is 14.7. The minimum atomic E-state index is -0.154. The first-order valence-electron chi connectivity index (χ1n) is 23.2. The first-order valence-corrected chi connectivity index (χ1v) is 23.2. The average molecular weight is 821 g/mol. The molecule has 2 unspecified atom stereocenters. The molecule has 0 radical (unpaired) electrons. The van der Waals surface area contributed by atoms with Crippen molar-refractivity contribution < 1.29 is 8.83 Å². The highest BCUT2D eigenvalue weighted by molar-refractivity contribution is 6.94. The number of furan rings is 2. The molecule has 1 fully saturated rings. The van der Waals surface area contributed by atoms with E-state index in [-0.39, 0.29) is 28.6 Å². The Morgan fingerprint density at radius 1 is 0.556 bits per heavy atom. The molecule has 4 nitrogen and oxygen atoms in total. The molecule has 5 heterocycles. The molecule has 310 valence electrons. The van der Waals surface area contributed by atoms with Crippen molar-refractivity contribution in [2.75, 3.05) is 9.71 Å². The SMILES string of the molecule is CC(C)(C)c1ccc(N2B3c4cc(C(C)(C)C)cc5c4N(c4cc6c(oc7ccccc76)c(c43)-c3cc4oc6ccccc6c4cc32)C2(C)CCCCC52C)c(-c2ccccc2)c1. The Kier molecular flexibility index (Phi) is 7.29. The Labute approximate surface area is 370 Å². The number of benzene rings is 7. The Morgan fingerprint density at radius 2 is 1.22 bits per heavy atom. The second-order valence-corrected chi connectivity index (χ2v) is 21.6. The van der Waals surface area contributed by atoms with E-state index in [9.17, 15) is 0 Å². The fourth-order valence-electron chi connectivity index (χ4n) is 12.5. The van der Waals surface area contributed by atoms with Gasteiger partial charge in [0.05, 0.1) is 5.54 Å². The predicted molar refractivity (Wildman–Crippen MR) is 266 cm³/mol. The molecule has 3 aliphatic heterocycles. The summed E-state index contributed by atoms with van der Waals surface area (Å²) >= 11 is 0. The van der Waals surface area contributed by atoms with Gasteiger partial charge in [-0.15, -0.1) is 0 Å². The number of para-hydroxylation sites is 2. The maximum Gasteiger partial charge on any atom is 0.333 e. The first kappa shape index (κ1) is 37.4. The molecule has 0 spiro atoms. The first-order chi connectivity index (χ1) is 30.2. The summed E-state index contributed by atoms with van der Waals surface area (Å²) in [6.07, 6.45) is 4.77. The number of nitrogens with zero attached hydrogens (tertiary/aromatic N) is 2. The minimum Gasteiger partial charge on any atom is -0.456 e. The van der Waals surface area contributed by atoms with Gasteiger partial charge in [0.25, 0.3) is 0 Å².